The summed E-state index contributed by atoms with van der Waals surface area (Å²) in [7, 11) is 0. The molecular formula is C10H20N2O3. The molecule has 0 bridgehead atoms. The van der Waals surface area contributed by atoms with Crippen molar-refractivity contribution in [3.05, 3.63) is 0 Å². The standard InChI is InChI=1S/C10H20N2O3/c1-3-14-7-10(13)12-5-8(2)15-9(4-11)6-12/h8-9H,3-7,11H2,1-2H3. The zero-order valence-electron chi connectivity index (χ0n) is 9.44. The first-order valence-electron chi connectivity index (χ1n) is 5.38. The number of carbonyl (C=O) groups excluding carboxylic acids is 1. The van der Waals surface area contributed by atoms with Crippen molar-refractivity contribution >= 4 is 5.91 Å². The third-order valence-electron chi connectivity index (χ3n) is 2.37. The van der Waals surface area contributed by atoms with E-state index in [0.717, 1.165) is 0 Å². The lowest BCUT2D eigenvalue weighted by Gasteiger charge is -2.36. The van der Waals surface area contributed by atoms with E-state index in [0.29, 0.717) is 26.2 Å². The van der Waals surface area contributed by atoms with Gasteiger partial charge in [0.1, 0.15) is 6.61 Å². The van der Waals surface area contributed by atoms with Crippen molar-refractivity contribution in [2.45, 2.75) is 26.1 Å². The number of ether oxygens (including phenoxy) is 2. The highest BCUT2D eigenvalue weighted by Gasteiger charge is 2.27. The van der Waals surface area contributed by atoms with Crippen LogP contribution >= 0.6 is 0 Å². The zero-order valence-corrected chi connectivity index (χ0v) is 9.44. The van der Waals surface area contributed by atoms with Crippen LogP contribution in [0.4, 0.5) is 0 Å². The second-order valence-electron chi connectivity index (χ2n) is 3.74. The Bertz CT molecular complexity index is 211. The summed E-state index contributed by atoms with van der Waals surface area (Å²) in [4.78, 5) is 13.4. The predicted molar refractivity (Wildman–Crippen MR) is 56.5 cm³/mol. The summed E-state index contributed by atoms with van der Waals surface area (Å²) in [6.45, 7) is 6.19. The zero-order chi connectivity index (χ0) is 11.3. The number of nitrogens with two attached hydrogens (primary N) is 1. The van der Waals surface area contributed by atoms with Gasteiger partial charge in [0.2, 0.25) is 5.91 Å². The van der Waals surface area contributed by atoms with Crippen LogP contribution in [-0.2, 0) is 14.3 Å². The van der Waals surface area contributed by atoms with Crippen LogP contribution in [0.5, 0.6) is 0 Å². The van der Waals surface area contributed by atoms with Crippen LogP contribution < -0.4 is 5.73 Å². The van der Waals surface area contributed by atoms with Gasteiger partial charge in [-0.05, 0) is 13.8 Å². The first-order valence-corrected chi connectivity index (χ1v) is 5.38. The van der Waals surface area contributed by atoms with Crippen molar-refractivity contribution in [2.24, 2.45) is 5.73 Å². The molecule has 1 aliphatic heterocycles. The van der Waals surface area contributed by atoms with E-state index in [2.05, 4.69) is 0 Å². The van der Waals surface area contributed by atoms with Gasteiger partial charge in [-0.3, -0.25) is 4.79 Å². The molecule has 1 amide bonds. The monoisotopic (exact) mass is 216 g/mol. The molecule has 0 radical (unpaired) electrons. The largest absolute Gasteiger partial charge is 0.372 e. The summed E-state index contributed by atoms with van der Waals surface area (Å²) < 4.78 is 10.6. The smallest absolute Gasteiger partial charge is 0.248 e. The van der Waals surface area contributed by atoms with Gasteiger partial charge in [0.05, 0.1) is 12.2 Å². The highest BCUT2D eigenvalue weighted by Crippen LogP contribution is 2.10. The van der Waals surface area contributed by atoms with E-state index in [4.69, 9.17) is 15.2 Å². The molecule has 0 aliphatic carbocycles. The van der Waals surface area contributed by atoms with Crippen molar-refractivity contribution in [3.8, 4) is 0 Å². The first kappa shape index (κ1) is 12.4. The van der Waals surface area contributed by atoms with Gasteiger partial charge in [0.15, 0.2) is 0 Å². The summed E-state index contributed by atoms with van der Waals surface area (Å²) in [5.41, 5.74) is 5.53. The minimum Gasteiger partial charge on any atom is -0.372 e. The molecule has 2 N–H and O–H groups in total. The molecule has 0 aromatic heterocycles. The highest BCUT2D eigenvalue weighted by atomic mass is 16.5. The van der Waals surface area contributed by atoms with Gasteiger partial charge in [-0.15, -0.1) is 0 Å². The summed E-state index contributed by atoms with van der Waals surface area (Å²) in [6, 6.07) is 0. The lowest BCUT2D eigenvalue weighted by molar-refractivity contribution is -0.148. The SMILES string of the molecule is CCOCC(=O)N1CC(C)OC(CN)C1. The topological polar surface area (TPSA) is 64.8 Å². The molecule has 5 heteroatoms. The van der Waals surface area contributed by atoms with E-state index in [1.165, 1.54) is 0 Å². The molecule has 0 aromatic carbocycles. The van der Waals surface area contributed by atoms with Crippen molar-refractivity contribution in [1.29, 1.82) is 0 Å². The van der Waals surface area contributed by atoms with Crippen LogP contribution in [0.1, 0.15) is 13.8 Å². The minimum absolute atomic E-state index is 0.0189. The summed E-state index contributed by atoms with van der Waals surface area (Å²) in [5, 5.41) is 0. The Morgan fingerprint density at radius 2 is 2.33 bits per heavy atom. The van der Waals surface area contributed by atoms with E-state index < -0.39 is 0 Å². The third-order valence-corrected chi connectivity index (χ3v) is 2.37. The average Bonchev–Trinajstić information content (AvgIpc) is 2.24. The van der Waals surface area contributed by atoms with Crippen molar-refractivity contribution < 1.29 is 14.3 Å². The Balaban J connectivity index is 2.42. The first-order chi connectivity index (χ1) is 7.17. The van der Waals surface area contributed by atoms with Crippen molar-refractivity contribution in [2.75, 3.05) is 32.8 Å². The van der Waals surface area contributed by atoms with Gasteiger partial charge < -0.3 is 20.1 Å². The molecule has 88 valence electrons. The lowest BCUT2D eigenvalue weighted by Crippen LogP contribution is -2.52. The quantitative estimate of drug-likeness (QED) is 0.694. The number of rotatable bonds is 4. The molecule has 0 spiro atoms. The second-order valence-corrected chi connectivity index (χ2v) is 3.74. The van der Waals surface area contributed by atoms with Crippen LogP contribution in [0, 0.1) is 0 Å². The normalized spacial score (nSPS) is 26.7. The van der Waals surface area contributed by atoms with E-state index in [1.54, 1.807) is 4.90 Å². The van der Waals surface area contributed by atoms with Gasteiger partial charge in [-0.25, -0.2) is 0 Å². The maximum Gasteiger partial charge on any atom is 0.248 e. The van der Waals surface area contributed by atoms with Gasteiger partial charge in [-0.2, -0.15) is 0 Å². The lowest BCUT2D eigenvalue weighted by atomic mass is 10.2. The van der Waals surface area contributed by atoms with Crippen LogP contribution in [0.15, 0.2) is 0 Å². The molecule has 5 nitrogen and oxygen atoms in total. The van der Waals surface area contributed by atoms with Crippen LogP contribution in [-0.4, -0.2) is 55.9 Å². The molecule has 15 heavy (non-hydrogen) atoms. The molecule has 2 atom stereocenters. The van der Waals surface area contributed by atoms with Gasteiger partial charge in [0.25, 0.3) is 0 Å². The van der Waals surface area contributed by atoms with Gasteiger partial charge >= 0.3 is 0 Å². The van der Waals surface area contributed by atoms with Crippen LogP contribution in [0.2, 0.25) is 0 Å². The van der Waals surface area contributed by atoms with Crippen molar-refractivity contribution in [1.82, 2.24) is 4.90 Å². The average molecular weight is 216 g/mol. The van der Waals surface area contributed by atoms with E-state index in [9.17, 15) is 4.79 Å². The number of morpholine rings is 1. The summed E-state index contributed by atoms with van der Waals surface area (Å²) >= 11 is 0. The Labute approximate surface area is 90.5 Å². The Morgan fingerprint density at radius 1 is 1.60 bits per heavy atom. The number of hydrogen-bond donors (Lipinski definition) is 1. The number of hydrogen-bond acceptors (Lipinski definition) is 4. The van der Waals surface area contributed by atoms with E-state index in [1.807, 2.05) is 13.8 Å². The van der Waals surface area contributed by atoms with E-state index >= 15 is 0 Å². The summed E-state index contributed by atoms with van der Waals surface area (Å²) in [6.07, 6.45) is 0.0113. The molecule has 2 unspecified atom stereocenters. The molecule has 1 fully saturated rings. The van der Waals surface area contributed by atoms with Gasteiger partial charge in [0, 0.05) is 26.2 Å². The fourth-order valence-corrected chi connectivity index (χ4v) is 1.66. The number of carbonyl (C=O) groups is 1. The third kappa shape index (κ3) is 3.77. The molecule has 0 saturated carbocycles. The van der Waals surface area contributed by atoms with Crippen molar-refractivity contribution in [3.63, 3.8) is 0 Å². The molecule has 1 aliphatic rings. The van der Waals surface area contributed by atoms with Gasteiger partial charge in [-0.1, -0.05) is 0 Å². The van der Waals surface area contributed by atoms with Crippen LogP contribution in [0.3, 0.4) is 0 Å². The maximum atomic E-state index is 11.7. The Kier molecular flexibility index (Phi) is 5.01. The fourth-order valence-electron chi connectivity index (χ4n) is 1.66. The molecule has 1 rings (SSSR count). The minimum atomic E-state index is -0.0423. The number of amides is 1. The second kappa shape index (κ2) is 6.05. The molecule has 1 heterocycles. The predicted octanol–water partition coefficient (Wildman–Crippen LogP) is -0.402. The Morgan fingerprint density at radius 3 is 2.93 bits per heavy atom. The maximum absolute atomic E-state index is 11.7. The Hall–Kier alpha value is -0.650. The molecular weight excluding hydrogens is 196 g/mol. The molecule has 0 aromatic rings. The van der Waals surface area contributed by atoms with E-state index in [-0.39, 0.29) is 24.7 Å². The highest BCUT2D eigenvalue weighted by molar-refractivity contribution is 5.77. The van der Waals surface area contributed by atoms with Crippen LogP contribution in [0.25, 0.3) is 0 Å². The number of nitrogens with zero attached hydrogens (tertiary/aromatic N) is 1. The molecule has 1 saturated heterocycles. The summed E-state index contributed by atoms with van der Waals surface area (Å²) in [5.74, 6) is 0.0189. The fraction of sp³-hybridized carbons (Fsp3) is 0.900.